The van der Waals surface area contributed by atoms with Crippen LogP contribution in [0.1, 0.15) is 59.6 Å². The zero-order valence-corrected chi connectivity index (χ0v) is 50.9. The molecule has 6 rings (SSSR count). The molecule has 0 bridgehead atoms. The second-order valence-electron chi connectivity index (χ2n) is 20.9. The molecule has 0 aliphatic heterocycles. The molecule has 0 heterocycles. The van der Waals surface area contributed by atoms with Gasteiger partial charge in [0.1, 0.15) is 54.3 Å². The number of methoxy groups -OCH3 is 3. The Morgan fingerprint density at radius 1 is 0.405 bits per heavy atom. The Hall–Kier alpha value is -6.47. The number of nitrogens with zero attached hydrogens (tertiary/aromatic N) is 3. The highest BCUT2D eigenvalue weighted by atomic mass is 19.4. The summed E-state index contributed by atoms with van der Waals surface area (Å²) < 4.78 is 111. The molecule has 3 atom stereocenters. The van der Waals surface area contributed by atoms with Crippen LogP contribution >= 0.6 is 0 Å². The average Bonchev–Trinajstić information content (AvgIpc) is 3.56. The number of halogens is 5. The molecule has 6 aromatic rings. The number of aryl methyl sites for hydroxylation is 6. The molecule has 462 valence electrons. The topological polar surface area (TPSA) is 92.8 Å². The van der Waals surface area contributed by atoms with Gasteiger partial charge >= 0.3 is 13.0 Å². The number of para-hydroxylation sites is 3. The van der Waals surface area contributed by atoms with Crippen LogP contribution in [0.2, 0.25) is 0 Å². The zero-order valence-electron chi connectivity index (χ0n) is 50.9. The van der Waals surface area contributed by atoms with E-state index in [2.05, 4.69) is 68.6 Å². The Kier molecular flexibility index (Phi) is 32.7. The molecule has 0 fully saturated rings. The van der Waals surface area contributed by atoms with Gasteiger partial charge in [0.15, 0.2) is 0 Å². The van der Waals surface area contributed by atoms with Crippen molar-refractivity contribution in [1.82, 2.24) is 14.7 Å². The molecular weight excluding hydrogens is 1090 g/mol. The minimum atomic E-state index is -4.69. The Morgan fingerprint density at radius 3 is 1.07 bits per heavy atom. The maximum absolute atomic E-state index is 12.4. The van der Waals surface area contributed by atoms with Crippen molar-refractivity contribution >= 4 is 0 Å². The number of hydrogen-bond acceptors (Lipinski definition) is 12. The highest BCUT2D eigenvalue weighted by Gasteiger charge is 2.31. The van der Waals surface area contributed by atoms with Gasteiger partial charge in [0, 0.05) is 41.0 Å². The van der Waals surface area contributed by atoms with Gasteiger partial charge in [-0.2, -0.15) is 8.78 Å². The summed E-state index contributed by atoms with van der Waals surface area (Å²) in [5.74, 6) is 3.45. The molecule has 0 N–H and O–H groups in total. The van der Waals surface area contributed by atoms with E-state index in [4.69, 9.17) is 33.2 Å². The molecule has 0 saturated carbocycles. The molecule has 0 aromatic heterocycles. The summed E-state index contributed by atoms with van der Waals surface area (Å²) >= 11 is 0. The summed E-state index contributed by atoms with van der Waals surface area (Å²) in [5.41, 5.74) is 6.27. The number of rotatable bonds is 35. The Balaban J connectivity index is 0.000000270. The maximum Gasteiger partial charge on any atom is 0.573 e. The molecule has 3 unspecified atom stereocenters. The van der Waals surface area contributed by atoms with Crippen molar-refractivity contribution in [2.24, 2.45) is 0 Å². The van der Waals surface area contributed by atoms with E-state index in [1.807, 2.05) is 108 Å². The predicted octanol–water partition coefficient (Wildman–Crippen LogP) is 13.4. The highest BCUT2D eigenvalue weighted by molar-refractivity contribution is 5.38. The van der Waals surface area contributed by atoms with E-state index >= 15 is 0 Å². The maximum atomic E-state index is 12.4. The first kappa shape index (κ1) is 70.0. The Labute approximate surface area is 496 Å². The first-order valence-electron chi connectivity index (χ1n) is 28.6. The zero-order chi connectivity index (χ0) is 61.1. The van der Waals surface area contributed by atoms with E-state index in [1.54, 1.807) is 45.6 Å². The van der Waals surface area contributed by atoms with Crippen LogP contribution < -0.4 is 28.4 Å². The normalized spacial score (nSPS) is 12.5. The number of alkyl halides is 5. The summed E-state index contributed by atoms with van der Waals surface area (Å²) in [5, 5.41) is 0. The van der Waals surface area contributed by atoms with E-state index in [1.165, 1.54) is 29.3 Å². The fourth-order valence-electron chi connectivity index (χ4n) is 8.69. The third kappa shape index (κ3) is 29.4. The number of benzene rings is 6. The standard InChI is InChI=1S/C23H33NO3.C22H28F3NO3.C22H29F2NO3/c1-5-26-21-11-8-9-19(17-21)13-14-20-10-6-7-12-23(20)27-18-22(25-4)15-16-24(2)3;1-26(2)14-13-20(27-3)16-28-21-10-5-4-8-18(21)12-11-17-7-6-9-19(15-17)29-22(23,24)25;1-25(2)14-13-20(26-3)16-27-21-10-5-4-8-18(21)12-11-17-7-6-9-19(15-17)28-22(23)24/h6-12,17,22H,5,13-16,18H2,1-4H3;4-10,15,20H,11-14,16H2,1-3H3;4-10,15,20,22H,11-14,16H2,1-3H3. The van der Waals surface area contributed by atoms with Crippen molar-refractivity contribution in [2.75, 3.05) is 110 Å². The van der Waals surface area contributed by atoms with Crippen LogP contribution in [0.15, 0.2) is 146 Å². The molecule has 0 aliphatic rings. The molecule has 17 heteroatoms. The largest absolute Gasteiger partial charge is 0.573 e. The van der Waals surface area contributed by atoms with E-state index in [9.17, 15) is 22.0 Å². The van der Waals surface area contributed by atoms with Gasteiger partial charge in [0.05, 0.1) is 24.9 Å². The van der Waals surface area contributed by atoms with Crippen LogP contribution in [-0.4, -0.2) is 156 Å². The summed E-state index contributed by atoms with van der Waals surface area (Å²) in [6.45, 7) is 4.20. The lowest BCUT2D eigenvalue weighted by Gasteiger charge is -2.19. The molecule has 0 spiro atoms. The third-order valence-corrected chi connectivity index (χ3v) is 13.4. The van der Waals surface area contributed by atoms with Crippen LogP contribution in [0.3, 0.4) is 0 Å². The van der Waals surface area contributed by atoms with Gasteiger partial charge in [-0.15, -0.1) is 13.2 Å². The molecule has 84 heavy (non-hydrogen) atoms. The molecule has 0 aliphatic carbocycles. The van der Waals surface area contributed by atoms with Crippen LogP contribution in [0, 0.1) is 0 Å². The third-order valence-electron chi connectivity index (χ3n) is 13.4. The summed E-state index contributed by atoms with van der Waals surface area (Å²) in [6.07, 6.45) is 2.67. The second kappa shape index (κ2) is 39.2. The summed E-state index contributed by atoms with van der Waals surface area (Å²) in [7, 11) is 17.4. The molecule has 0 amide bonds. The van der Waals surface area contributed by atoms with Crippen LogP contribution in [0.25, 0.3) is 0 Å². The number of hydrogen-bond donors (Lipinski definition) is 0. The lowest BCUT2D eigenvalue weighted by atomic mass is 10.0. The average molecular weight is 1180 g/mol. The van der Waals surface area contributed by atoms with E-state index < -0.39 is 13.0 Å². The predicted molar refractivity (Wildman–Crippen MR) is 324 cm³/mol. The lowest BCUT2D eigenvalue weighted by Crippen LogP contribution is -2.26. The molecule has 6 aromatic carbocycles. The van der Waals surface area contributed by atoms with Crippen molar-refractivity contribution < 1.29 is 64.6 Å². The molecule has 0 radical (unpaired) electrons. The van der Waals surface area contributed by atoms with Crippen molar-refractivity contribution in [2.45, 2.75) is 96.0 Å². The van der Waals surface area contributed by atoms with E-state index in [0.717, 1.165) is 103 Å². The smallest absolute Gasteiger partial charge is 0.494 e. The fraction of sp³-hybridized carbons (Fsp3) is 0.463. The highest BCUT2D eigenvalue weighted by Crippen LogP contribution is 2.27. The van der Waals surface area contributed by atoms with Crippen LogP contribution in [0.4, 0.5) is 22.0 Å². The van der Waals surface area contributed by atoms with Crippen molar-refractivity contribution in [3.05, 3.63) is 179 Å². The fourth-order valence-corrected chi connectivity index (χ4v) is 8.69. The van der Waals surface area contributed by atoms with Crippen molar-refractivity contribution in [3.8, 4) is 34.5 Å². The van der Waals surface area contributed by atoms with E-state index in [0.29, 0.717) is 45.7 Å². The van der Waals surface area contributed by atoms with E-state index in [-0.39, 0.29) is 29.8 Å². The van der Waals surface area contributed by atoms with Gasteiger partial charge < -0.3 is 57.3 Å². The Morgan fingerprint density at radius 2 is 0.738 bits per heavy atom. The first-order chi connectivity index (χ1) is 40.4. The van der Waals surface area contributed by atoms with Gasteiger partial charge in [-0.05, 0) is 195 Å². The summed E-state index contributed by atoms with van der Waals surface area (Å²) in [6, 6.07) is 45.1. The first-order valence-corrected chi connectivity index (χ1v) is 28.6. The van der Waals surface area contributed by atoms with Crippen LogP contribution in [-0.2, 0) is 52.7 Å². The molecule has 12 nitrogen and oxygen atoms in total. The minimum Gasteiger partial charge on any atom is -0.494 e. The second-order valence-corrected chi connectivity index (χ2v) is 20.9. The van der Waals surface area contributed by atoms with Gasteiger partial charge in [0.2, 0.25) is 0 Å². The van der Waals surface area contributed by atoms with Gasteiger partial charge in [-0.3, -0.25) is 0 Å². The van der Waals surface area contributed by atoms with Crippen molar-refractivity contribution in [1.29, 1.82) is 0 Å². The quantitative estimate of drug-likeness (QED) is 0.0355. The monoisotopic (exact) mass is 1180 g/mol. The number of ether oxygens (including phenoxy) is 9. The SMILES string of the molecule is CCOc1cccc(CCc2ccccc2OCC(CCN(C)C)OC)c1.COC(CCN(C)C)COc1ccccc1CCc1cccc(OC(F)(F)F)c1.COC(CCN(C)C)COc1ccccc1CCc1cccc(OC(F)F)c1. The Bertz CT molecular complexity index is 2710. The van der Waals surface area contributed by atoms with Gasteiger partial charge in [-0.25, -0.2) is 0 Å². The van der Waals surface area contributed by atoms with Crippen molar-refractivity contribution in [3.63, 3.8) is 0 Å². The van der Waals surface area contributed by atoms with Gasteiger partial charge in [0.25, 0.3) is 0 Å². The van der Waals surface area contributed by atoms with Gasteiger partial charge in [-0.1, -0.05) is 91.0 Å². The summed E-state index contributed by atoms with van der Waals surface area (Å²) in [4.78, 5) is 6.37. The lowest BCUT2D eigenvalue weighted by molar-refractivity contribution is -0.274. The van der Waals surface area contributed by atoms with Crippen LogP contribution in [0.5, 0.6) is 34.5 Å². The molecular formula is C67H90F5N3O9. The minimum absolute atomic E-state index is 0.0124. The molecule has 0 saturated heterocycles.